The number of hydrogen-bond acceptors (Lipinski definition) is 7. The van der Waals surface area contributed by atoms with E-state index in [9.17, 15) is 0 Å². The Bertz CT molecular complexity index is 1230. The molecule has 1 fully saturated rings. The van der Waals surface area contributed by atoms with Gasteiger partial charge in [-0.3, -0.25) is 5.10 Å². The maximum atomic E-state index is 6.62. The van der Waals surface area contributed by atoms with Gasteiger partial charge in [-0.1, -0.05) is 36.4 Å². The highest BCUT2D eigenvalue weighted by Gasteiger charge is 2.46. The molecule has 8 heteroatoms. The van der Waals surface area contributed by atoms with Crippen molar-refractivity contribution < 1.29 is 0 Å². The minimum atomic E-state index is -0.137. The minimum absolute atomic E-state index is 0.0416. The van der Waals surface area contributed by atoms with Crippen molar-refractivity contribution in [1.29, 1.82) is 0 Å². The summed E-state index contributed by atoms with van der Waals surface area (Å²) in [4.78, 5) is 16.3. The molecule has 1 atom stereocenters. The molecule has 3 aromatic heterocycles. The van der Waals surface area contributed by atoms with E-state index >= 15 is 0 Å². The molecule has 0 unspecified atom stereocenters. The van der Waals surface area contributed by atoms with E-state index < -0.39 is 0 Å². The fourth-order valence-corrected chi connectivity index (χ4v) is 4.86. The number of nitrogens with zero attached hydrogens (tertiary/aromatic N) is 5. The summed E-state index contributed by atoms with van der Waals surface area (Å²) in [7, 11) is 0. The Labute approximate surface area is 179 Å². The highest BCUT2D eigenvalue weighted by Crippen LogP contribution is 2.44. The first-order valence-corrected chi connectivity index (χ1v) is 10.7. The van der Waals surface area contributed by atoms with Crippen molar-refractivity contribution in [3.05, 3.63) is 71.7 Å². The molecule has 1 spiro atoms. The molecule has 0 aliphatic carbocycles. The quantitative estimate of drug-likeness (QED) is 0.475. The van der Waals surface area contributed by atoms with Crippen LogP contribution in [0, 0.1) is 0 Å². The lowest BCUT2D eigenvalue weighted by Crippen LogP contribution is -2.52. The lowest BCUT2D eigenvalue weighted by atomic mass is 9.81. The molecule has 0 bridgehead atoms. The zero-order valence-corrected chi connectivity index (χ0v) is 17.1. The van der Waals surface area contributed by atoms with Crippen molar-refractivity contribution in [3.8, 4) is 0 Å². The highest BCUT2D eigenvalue weighted by molar-refractivity contribution is 5.74. The normalized spacial score (nSPS) is 19.5. The lowest BCUT2D eigenvalue weighted by Gasteiger charge is -2.42. The van der Waals surface area contributed by atoms with Crippen LogP contribution < -0.4 is 16.0 Å². The zero-order valence-electron chi connectivity index (χ0n) is 17.1. The van der Waals surface area contributed by atoms with Crippen molar-refractivity contribution in [2.45, 2.75) is 30.8 Å². The second kappa shape index (κ2) is 7.02. The average molecular weight is 413 g/mol. The van der Waals surface area contributed by atoms with Crippen LogP contribution in [-0.2, 0) is 6.42 Å². The number of aromatic amines is 1. The maximum absolute atomic E-state index is 6.62. The van der Waals surface area contributed by atoms with Crippen molar-refractivity contribution in [2.75, 3.05) is 23.3 Å². The molecule has 6 rings (SSSR count). The lowest BCUT2D eigenvalue weighted by molar-refractivity contribution is 0.322. The maximum Gasteiger partial charge on any atom is 0.176 e. The number of piperidine rings is 1. The van der Waals surface area contributed by atoms with Gasteiger partial charge in [0.15, 0.2) is 5.65 Å². The fraction of sp³-hybridized carbons (Fsp3) is 0.304. The van der Waals surface area contributed by atoms with Crippen LogP contribution in [0.5, 0.6) is 0 Å². The summed E-state index contributed by atoms with van der Waals surface area (Å²) in [5.74, 6) is 1.80. The summed E-state index contributed by atoms with van der Waals surface area (Å²) in [5, 5.41) is 11.1. The number of rotatable bonds is 3. The van der Waals surface area contributed by atoms with Crippen LogP contribution in [0.15, 0.2) is 54.9 Å². The molecule has 4 aromatic rings. The summed E-state index contributed by atoms with van der Waals surface area (Å²) in [6.45, 7) is 1.72. The SMILES string of the molecule is N[C@@H]1c2cccnc2NC12CCN(c1cnc3c(Cc4ccccc4)n[nH]c3n1)CC2. The van der Waals surface area contributed by atoms with E-state index in [0.717, 1.165) is 66.4 Å². The van der Waals surface area contributed by atoms with Gasteiger partial charge in [0.25, 0.3) is 0 Å². The number of benzene rings is 1. The summed E-state index contributed by atoms with van der Waals surface area (Å²) < 4.78 is 0. The monoisotopic (exact) mass is 412 g/mol. The predicted octanol–water partition coefficient (Wildman–Crippen LogP) is 2.80. The van der Waals surface area contributed by atoms with Crippen molar-refractivity contribution >= 4 is 22.8 Å². The first kappa shape index (κ1) is 18.3. The number of aromatic nitrogens is 5. The molecular formula is C23H24N8. The van der Waals surface area contributed by atoms with E-state index in [1.807, 2.05) is 36.7 Å². The van der Waals surface area contributed by atoms with Crippen LogP contribution in [0.3, 0.4) is 0 Å². The first-order valence-electron chi connectivity index (χ1n) is 10.7. The Morgan fingerprint density at radius 3 is 2.71 bits per heavy atom. The minimum Gasteiger partial charge on any atom is -0.362 e. The molecule has 1 aromatic carbocycles. The number of hydrogen-bond donors (Lipinski definition) is 3. The van der Waals surface area contributed by atoms with Crippen LogP contribution in [-0.4, -0.2) is 43.8 Å². The van der Waals surface area contributed by atoms with E-state index in [1.165, 1.54) is 5.56 Å². The fourth-order valence-electron chi connectivity index (χ4n) is 4.86. The summed E-state index contributed by atoms with van der Waals surface area (Å²) in [6, 6.07) is 14.3. The molecular weight excluding hydrogens is 388 g/mol. The predicted molar refractivity (Wildman–Crippen MR) is 120 cm³/mol. The molecule has 2 aliphatic rings. The van der Waals surface area contributed by atoms with Gasteiger partial charge in [0.2, 0.25) is 0 Å². The van der Waals surface area contributed by atoms with E-state index in [-0.39, 0.29) is 11.6 Å². The van der Waals surface area contributed by atoms with Crippen LogP contribution in [0.25, 0.3) is 11.2 Å². The third kappa shape index (κ3) is 3.02. The molecule has 0 saturated carbocycles. The first-order chi connectivity index (χ1) is 15.2. The van der Waals surface area contributed by atoms with E-state index in [4.69, 9.17) is 15.7 Å². The highest BCUT2D eigenvalue weighted by atomic mass is 15.3. The summed E-state index contributed by atoms with van der Waals surface area (Å²) in [5.41, 5.74) is 11.3. The third-order valence-corrected chi connectivity index (χ3v) is 6.66. The topological polar surface area (TPSA) is 109 Å². The molecule has 0 radical (unpaired) electrons. The van der Waals surface area contributed by atoms with Crippen molar-refractivity contribution in [1.82, 2.24) is 25.1 Å². The Hall–Kier alpha value is -3.52. The van der Waals surface area contributed by atoms with E-state index in [1.54, 1.807) is 0 Å². The second-order valence-corrected chi connectivity index (χ2v) is 8.45. The standard InChI is InChI=1S/C23H24N8/c24-20-16-7-4-10-25-21(16)28-23(20)8-11-31(12-9-23)18-14-26-19-17(29-30-22(19)27-18)13-15-5-2-1-3-6-15/h1-7,10,14,20H,8-9,11-13,24H2,(H,25,28)(H,27,29,30)/t20-/m1/s1. The van der Waals surface area contributed by atoms with Gasteiger partial charge in [-0.2, -0.15) is 5.10 Å². The largest absolute Gasteiger partial charge is 0.362 e. The Morgan fingerprint density at radius 1 is 1.06 bits per heavy atom. The molecule has 156 valence electrons. The molecule has 0 amide bonds. The van der Waals surface area contributed by atoms with Crippen LogP contribution in [0.1, 0.15) is 35.7 Å². The van der Waals surface area contributed by atoms with Gasteiger partial charge in [0, 0.05) is 31.3 Å². The van der Waals surface area contributed by atoms with Gasteiger partial charge >= 0.3 is 0 Å². The molecule has 2 aliphatic heterocycles. The molecule has 4 N–H and O–H groups in total. The van der Waals surface area contributed by atoms with E-state index in [0.29, 0.717) is 0 Å². The van der Waals surface area contributed by atoms with Gasteiger partial charge in [-0.15, -0.1) is 0 Å². The smallest absolute Gasteiger partial charge is 0.176 e. The molecule has 31 heavy (non-hydrogen) atoms. The van der Waals surface area contributed by atoms with Gasteiger partial charge in [0.1, 0.15) is 17.2 Å². The number of nitrogens with one attached hydrogen (secondary N) is 2. The van der Waals surface area contributed by atoms with Gasteiger partial charge in [0.05, 0.1) is 23.5 Å². The van der Waals surface area contributed by atoms with Crippen LogP contribution in [0.4, 0.5) is 11.6 Å². The Kier molecular flexibility index (Phi) is 4.14. The van der Waals surface area contributed by atoms with Crippen molar-refractivity contribution in [3.63, 3.8) is 0 Å². The number of pyridine rings is 1. The molecule has 5 heterocycles. The third-order valence-electron chi connectivity index (χ3n) is 6.66. The molecule has 1 saturated heterocycles. The van der Waals surface area contributed by atoms with Gasteiger partial charge in [-0.05, 0) is 24.5 Å². The Morgan fingerprint density at radius 2 is 1.90 bits per heavy atom. The van der Waals surface area contributed by atoms with Gasteiger partial charge in [-0.25, -0.2) is 15.0 Å². The number of anilines is 2. The summed E-state index contributed by atoms with van der Waals surface area (Å²) >= 11 is 0. The average Bonchev–Trinajstić information content (AvgIpc) is 3.33. The van der Waals surface area contributed by atoms with Crippen LogP contribution >= 0.6 is 0 Å². The zero-order chi connectivity index (χ0) is 20.8. The number of H-pyrrole nitrogens is 1. The van der Waals surface area contributed by atoms with Crippen LogP contribution in [0.2, 0.25) is 0 Å². The molecule has 8 nitrogen and oxygen atoms in total. The summed E-state index contributed by atoms with van der Waals surface area (Å²) in [6.07, 6.45) is 6.26. The second-order valence-electron chi connectivity index (χ2n) is 8.45. The number of nitrogens with two attached hydrogens (primary N) is 1. The Balaban J connectivity index is 1.19. The van der Waals surface area contributed by atoms with Gasteiger partial charge < -0.3 is 16.0 Å². The van der Waals surface area contributed by atoms with E-state index in [2.05, 4.69) is 43.6 Å². The number of fused-ring (bicyclic) bond motifs is 2. The van der Waals surface area contributed by atoms with Crippen molar-refractivity contribution in [2.24, 2.45) is 5.73 Å².